The maximum Gasteiger partial charge on any atom is 0.254 e. The first-order chi connectivity index (χ1) is 15.7. The van der Waals surface area contributed by atoms with Gasteiger partial charge in [0.1, 0.15) is 17.4 Å². The van der Waals surface area contributed by atoms with E-state index >= 15 is 0 Å². The van der Waals surface area contributed by atoms with Crippen LogP contribution in [-0.2, 0) is 14.4 Å². The summed E-state index contributed by atoms with van der Waals surface area (Å²) >= 11 is 1.10. The molecule has 2 aromatic rings. The number of hydrogen-bond acceptors (Lipinski definition) is 7. The number of amides is 4. The average Bonchev–Trinajstić information content (AvgIpc) is 2.76. The second-order valence-corrected chi connectivity index (χ2v) is 8.22. The Balaban J connectivity index is 1.47. The molecule has 174 valence electrons. The van der Waals surface area contributed by atoms with Crippen molar-refractivity contribution in [1.29, 1.82) is 0 Å². The topological polar surface area (TPSA) is 154 Å². The Morgan fingerprint density at radius 2 is 1.70 bits per heavy atom. The molecule has 12 heteroatoms. The van der Waals surface area contributed by atoms with E-state index in [0.29, 0.717) is 11.4 Å². The predicted octanol–water partition coefficient (Wildman–Crippen LogP) is 0.542. The number of hydrogen-bond donors (Lipinski definition) is 6. The fraction of sp³-hybridized carbons (Fsp3) is 0.238. The van der Waals surface area contributed by atoms with Crippen molar-refractivity contribution in [2.75, 3.05) is 16.4 Å². The third-order valence-electron chi connectivity index (χ3n) is 4.53. The number of rotatable bonds is 7. The van der Waals surface area contributed by atoms with E-state index in [2.05, 4.69) is 26.6 Å². The highest BCUT2D eigenvalue weighted by Gasteiger charge is 2.35. The molecule has 0 saturated carbocycles. The molecule has 1 fully saturated rings. The van der Waals surface area contributed by atoms with Crippen molar-refractivity contribution in [3.05, 3.63) is 59.9 Å². The van der Waals surface area contributed by atoms with Crippen LogP contribution in [0.3, 0.4) is 0 Å². The van der Waals surface area contributed by atoms with Gasteiger partial charge in [0, 0.05) is 18.3 Å². The first kappa shape index (κ1) is 24.2. The summed E-state index contributed by atoms with van der Waals surface area (Å²) in [6.07, 6.45) is -0.948. The van der Waals surface area contributed by atoms with E-state index in [-0.39, 0.29) is 23.1 Å². The molecule has 3 atom stereocenters. The summed E-state index contributed by atoms with van der Waals surface area (Å²) in [5, 5.41) is 13.3. The number of benzene rings is 2. The molecule has 0 radical (unpaired) electrons. The van der Waals surface area contributed by atoms with Crippen molar-refractivity contribution in [3.63, 3.8) is 0 Å². The fourth-order valence-corrected chi connectivity index (χ4v) is 3.84. The number of thioether (sulfide) groups is 1. The first-order valence-electron chi connectivity index (χ1n) is 9.89. The molecule has 4 amide bonds. The quantitative estimate of drug-likeness (QED) is 0.342. The van der Waals surface area contributed by atoms with Crippen LogP contribution < -0.4 is 32.3 Å². The summed E-state index contributed by atoms with van der Waals surface area (Å²) in [5.74, 6) is -2.54. The van der Waals surface area contributed by atoms with Gasteiger partial charge in [0.05, 0.1) is 17.5 Å². The molecular weight excluding hydrogens is 451 g/mol. The zero-order chi connectivity index (χ0) is 24.0. The molecule has 0 aromatic heterocycles. The Labute approximate surface area is 193 Å². The highest BCUT2D eigenvalue weighted by atomic mass is 32.2. The number of anilines is 2. The molecule has 2 aromatic carbocycles. The minimum Gasteiger partial charge on any atom is -0.338 e. The maximum atomic E-state index is 13.8. The summed E-state index contributed by atoms with van der Waals surface area (Å²) in [6, 6.07) is 10.9. The molecule has 0 bridgehead atoms. The molecule has 1 aliphatic rings. The second-order valence-electron chi connectivity index (χ2n) is 7.13. The number of nitrogens with two attached hydrogens (primary N) is 1. The van der Waals surface area contributed by atoms with E-state index in [4.69, 9.17) is 5.73 Å². The Kier molecular flexibility index (Phi) is 7.98. The van der Waals surface area contributed by atoms with E-state index in [1.54, 1.807) is 24.3 Å². The van der Waals surface area contributed by atoms with E-state index in [1.165, 1.54) is 25.1 Å². The van der Waals surface area contributed by atoms with Crippen LogP contribution in [0.4, 0.5) is 15.8 Å². The lowest BCUT2D eigenvalue weighted by Crippen LogP contribution is -2.70. The van der Waals surface area contributed by atoms with Gasteiger partial charge >= 0.3 is 0 Å². The maximum absolute atomic E-state index is 13.8. The third kappa shape index (κ3) is 6.75. The van der Waals surface area contributed by atoms with E-state index in [1.807, 2.05) is 0 Å². The van der Waals surface area contributed by atoms with Gasteiger partial charge in [-0.15, -0.1) is 11.8 Å². The molecule has 7 N–H and O–H groups in total. The average molecular weight is 475 g/mol. The SMILES string of the molecule is CC(=O)Nc1ccc(NC(=O)CSC2NC(=O)C(NC(=O)c3ccccc3F)C(N)N2)cc1. The molecule has 1 heterocycles. The van der Waals surface area contributed by atoms with Gasteiger partial charge < -0.3 is 27.0 Å². The van der Waals surface area contributed by atoms with Crippen LogP contribution in [0.5, 0.6) is 0 Å². The van der Waals surface area contributed by atoms with Crippen molar-refractivity contribution < 1.29 is 23.6 Å². The highest BCUT2D eigenvalue weighted by Crippen LogP contribution is 2.16. The van der Waals surface area contributed by atoms with Crippen LogP contribution in [0.15, 0.2) is 48.5 Å². The second kappa shape index (κ2) is 10.9. The van der Waals surface area contributed by atoms with Gasteiger partial charge in [0.2, 0.25) is 17.7 Å². The first-order valence-corrected chi connectivity index (χ1v) is 10.9. The number of carbonyl (C=O) groups is 4. The summed E-state index contributed by atoms with van der Waals surface area (Å²) in [5.41, 5.74) is 6.27. The van der Waals surface area contributed by atoms with Crippen molar-refractivity contribution in [2.24, 2.45) is 5.73 Å². The molecule has 0 aliphatic carbocycles. The molecule has 0 spiro atoms. The highest BCUT2D eigenvalue weighted by molar-refractivity contribution is 8.00. The van der Waals surface area contributed by atoms with Crippen LogP contribution >= 0.6 is 11.8 Å². The lowest BCUT2D eigenvalue weighted by molar-refractivity contribution is -0.125. The Morgan fingerprint density at radius 3 is 2.30 bits per heavy atom. The molecule has 1 aliphatic heterocycles. The number of halogens is 1. The molecular formula is C21H23FN6O4S. The predicted molar refractivity (Wildman–Crippen MR) is 123 cm³/mol. The standard InChI is InChI=1S/C21H23FN6O4S/c1-11(29)24-12-6-8-13(9-7-12)25-16(30)10-33-21-27-18(23)17(20(32)28-21)26-19(31)14-4-2-3-5-15(14)22/h2-9,17-18,21,27H,10,23H2,1H3,(H,24,29)(H,25,30)(H,26,31)(H,28,32). The molecule has 10 nitrogen and oxygen atoms in total. The lowest BCUT2D eigenvalue weighted by Gasteiger charge is -2.35. The zero-order valence-electron chi connectivity index (χ0n) is 17.6. The van der Waals surface area contributed by atoms with Crippen molar-refractivity contribution in [2.45, 2.75) is 24.6 Å². The summed E-state index contributed by atoms with van der Waals surface area (Å²) < 4.78 is 13.8. The van der Waals surface area contributed by atoms with Crippen LogP contribution in [0, 0.1) is 5.82 Å². The monoisotopic (exact) mass is 474 g/mol. The van der Waals surface area contributed by atoms with Crippen LogP contribution in [0.25, 0.3) is 0 Å². The molecule has 1 saturated heterocycles. The van der Waals surface area contributed by atoms with Crippen molar-refractivity contribution in [3.8, 4) is 0 Å². The van der Waals surface area contributed by atoms with Gasteiger partial charge in [0.15, 0.2) is 0 Å². The minimum atomic E-state index is -1.12. The van der Waals surface area contributed by atoms with Gasteiger partial charge in [-0.3, -0.25) is 24.5 Å². The van der Waals surface area contributed by atoms with E-state index in [9.17, 15) is 23.6 Å². The van der Waals surface area contributed by atoms with Crippen LogP contribution in [0.1, 0.15) is 17.3 Å². The molecule has 33 heavy (non-hydrogen) atoms. The Morgan fingerprint density at radius 1 is 1.06 bits per heavy atom. The largest absolute Gasteiger partial charge is 0.338 e. The summed E-state index contributed by atoms with van der Waals surface area (Å²) in [7, 11) is 0. The van der Waals surface area contributed by atoms with E-state index < -0.39 is 35.3 Å². The minimum absolute atomic E-state index is 0.00433. The number of carbonyl (C=O) groups excluding carboxylic acids is 4. The van der Waals surface area contributed by atoms with Crippen LogP contribution in [-0.4, -0.2) is 47.1 Å². The van der Waals surface area contributed by atoms with Crippen molar-refractivity contribution in [1.82, 2.24) is 16.0 Å². The van der Waals surface area contributed by atoms with Gasteiger partial charge in [-0.1, -0.05) is 12.1 Å². The smallest absolute Gasteiger partial charge is 0.254 e. The molecule has 3 unspecified atom stereocenters. The Bertz CT molecular complexity index is 1050. The molecule has 3 rings (SSSR count). The van der Waals surface area contributed by atoms with Crippen molar-refractivity contribution >= 4 is 46.8 Å². The van der Waals surface area contributed by atoms with Gasteiger partial charge in [0.25, 0.3) is 5.91 Å². The summed E-state index contributed by atoms with van der Waals surface area (Å²) in [6.45, 7) is 1.40. The fourth-order valence-electron chi connectivity index (χ4n) is 3.00. The third-order valence-corrected chi connectivity index (χ3v) is 5.55. The van der Waals surface area contributed by atoms with Gasteiger partial charge in [-0.05, 0) is 36.4 Å². The van der Waals surface area contributed by atoms with Gasteiger partial charge in [-0.25, -0.2) is 4.39 Å². The number of nitrogens with one attached hydrogen (secondary N) is 5. The normalized spacial score (nSPS) is 19.8. The van der Waals surface area contributed by atoms with Crippen LogP contribution in [0.2, 0.25) is 0 Å². The Hall–Kier alpha value is -3.48. The zero-order valence-corrected chi connectivity index (χ0v) is 18.4. The van der Waals surface area contributed by atoms with Gasteiger partial charge in [-0.2, -0.15) is 0 Å². The lowest BCUT2D eigenvalue weighted by atomic mass is 10.1. The summed E-state index contributed by atoms with van der Waals surface area (Å²) in [4.78, 5) is 48.0. The van der Waals surface area contributed by atoms with E-state index in [0.717, 1.165) is 17.8 Å².